The first kappa shape index (κ1) is 16.0. The normalized spacial score (nSPS) is 17.4. The summed E-state index contributed by atoms with van der Waals surface area (Å²) in [6, 6.07) is 4.73. The molecule has 0 aliphatic carbocycles. The van der Waals surface area contributed by atoms with Crippen LogP contribution >= 0.6 is 0 Å². The first-order valence-electron chi connectivity index (χ1n) is 7.85. The summed E-state index contributed by atoms with van der Waals surface area (Å²) >= 11 is 0. The molecule has 2 rings (SSSR count). The van der Waals surface area contributed by atoms with E-state index in [1.807, 2.05) is 11.8 Å². The van der Waals surface area contributed by atoms with Crippen LogP contribution in [0, 0.1) is 18.7 Å². The number of benzene rings is 1. The van der Waals surface area contributed by atoms with Crippen LogP contribution in [-0.2, 0) is 11.2 Å². The Balaban J connectivity index is 2.05. The Morgan fingerprint density at radius 3 is 2.52 bits per heavy atom. The number of carbonyl (C=O) groups excluding carboxylic acids is 1. The van der Waals surface area contributed by atoms with Gasteiger partial charge in [-0.1, -0.05) is 18.9 Å². The molecule has 1 amide bonds. The topological polar surface area (TPSA) is 46.3 Å². The van der Waals surface area contributed by atoms with Crippen molar-refractivity contribution >= 4 is 5.91 Å². The number of halogens is 1. The highest BCUT2D eigenvalue weighted by Crippen LogP contribution is 2.18. The first-order chi connectivity index (χ1) is 10.1. The second-order valence-electron chi connectivity index (χ2n) is 5.95. The van der Waals surface area contributed by atoms with Gasteiger partial charge in [-0.05, 0) is 49.4 Å². The van der Waals surface area contributed by atoms with E-state index >= 15 is 0 Å². The Morgan fingerprint density at radius 1 is 1.29 bits per heavy atom. The maximum Gasteiger partial charge on any atom is 0.227 e. The van der Waals surface area contributed by atoms with Gasteiger partial charge >= 0.3 is 0 Å². The molecule has 1 aliphatic heterocycles. The van der Waals surface area contributed by atoms with Crippen molar-refractivity contribution in [1.29, 1.82) is 0 Å². The van der Waals surface area contributed by atoms with Gasteiger partial charge in [0.1, 0.15) is 5.82 Å². The fraction of sp³-hybridized carbons (Fsp3) is 0.588. The van der Waals surface area contributed by atoms with Crippen molar-refractivity contribution in [1.82, 2.24) is 4.90 Å². The Hall–Kier alpha value is -1.42. The van der Waals surface area contributed by atoms with Crippen LogP contribution < -0.4 is 5.73 Å². The highest BCUT2D eigenvalue weighted by Gasteiger charge is 2.24. The van der Waals surface area contributed by atoms with Gasteiger partial charge in [-0.25, -0.2) is 4.39 Å². The third kappa shape index (κ3) is 4.27. The molecule has 1 aromatic rings. The largest absolute Gasteiger partial charge is 0.342 e. The van der Waals surface area contributed by atoms with E-state index in [2.05, 4.69) is 0 Å². The van der Waals surface area contributed by atoms with E-state index in [1.54, 1.807) is 6.07 Å². The highest BCUT2D eigenvalue weighted by molar-refractivity contribution is 5.79. The maximum absolute atomic E-state index is 13.2. The number of hydrogen-bond acceptors (Lipinski definition) is 2. The molecule has 0 radical (unpaired) electrons. The van der Waals surface area contributed by atoms with Gasteiger partial charge in [0.25, 0.3) is 0 Å². The van der Waals surface area contributed by atoms with Gasteiger partial charge in [0, 0.05) is 19.6 Å². The minimum Gasteiger partial charge on any atom is -0.342 e. The molecule has 1 saturated heterocycles. The van der Waals surface area contributed by atoms with E-state index < -0.39 is 0 Å². The van der Waals surface area contributed by atoms with Crippen molar-refractivity contribution in [2.24, 2.45) is 11.7 Å². The average molecular weight is 292 g/mol. The lowest BCUT2D eigenvalue weighted by Gasteiger charge is -2.26. The van der Waals surface area contributed by atoms with Gasteiger partial charge < -0.3 is 10.6 Å². The van der Waals surface area contributed by atoms with E-state index in [-0.39, 0.29) is 17.6 Å². The van der Waals surface area contributed by atoms with Gasteiger partial charge in [0.05, 0.1) is 5.92 Å². The van der Waals surface area contributed by atoms with Gasteiger partial charge in [-0.3, -0.25) is 4.79 Å². The predicted octanol–water partition coefficient (Wildman–Crippen LogP) is 2.65. The summed E-state index contributed by atoms with van der Waals surface area (Å²) in [5.74, 6) is -0.283. The molecule has 1 unspecified atom stereocenters. The van der Waals surface area contributed by atoms with Crippen LogP contribution in [0.3, 0.4) is 0 Å². The zero-order chi connectivity index (χ0) is 15.2. The highest BCUT2D eigenvalue weighted by atomic mass is 19.1. The summed E-state index contributed by atoms with van der Waals surface area (Å²) in [7, 11) is 0. The Kier molecular flexibility index (Phi) is 5.74. The number of rotatable bonds is 4. The van der Waals surface area contributed by atoms with Crippen LogP contribution in [-0.4, -0.2) is 30.4 Å². The molecule has 2 N–H and O–H groups in total. The average Bonchev–Trinajstić information content (AvgIpc) is 2.75. The fourth-order valence-corrected chi connectivity index (χ4v) is 2.97. The van der Waals surface area contributed by atoms with Crippen LogP contribution in [0.4, 0.5) is 4.39 Å². The molecule has 116 valence electrons. The maximum atomic E-state index is 13.2. The van der Waals surface area contributed by atoms with Crippen molar-refractivity contribution < 1.29 is 9.18 Å². The molecule has 0 saturated carbocycles. The van der Waals surface area contributed by atoms with E-state index in [1.165, 1.54) is 25.0 Å². The molecule has 3 nitrogen and oxygen atoms in total. The molecule has 1 aromatic carbocycles. The number of aryl methyl sites for hydroxylation is 1. The van der Waals surface area contributed by atoms with E-state index in [4.69, 9.17) is 5.73 Å². The lowest BCUT2D eigenvalue weighted by Crippen LogP contribution is -2.40. The molecule has 0 bridgehead atoms. The number of nitrogens with two attached hydrogens (primary N) is 1. The smallest absolute Gasteiger partial charge is 0.227 e. The molecule has 1 aliphatic rings. The SMILES string of the molecule is Cc1cc(F)ccc1CC(CN)C(=O)N1CCCCCC1. The Bertz CT molecular complexity index is 482. The fourth-order valence-electron chi connectivity index (χ4n) is 2.97. The minimum absolute atomic E-state index is 0.156. The number of likely N-dealkylation sites (tertiary alicyclic amines) is 1. The van der Waals surface area contributed by atoms with Crippen LogP contribution in [0.15, 0.2) is 18.2 Å². The summed E-state index contributed by atoms with van der Waals surface area (Å²) in [6.07, 6.45) is 5.16. The standard InChI is InChI=1S/C17H25FN2O/c1-13-10-16(18)7-6-14(13)11-15(12-19)17(21)20-8-4-2-3-5-9-20/h6-7,10,15H,2-5,8-9,11-12,19H2,1H3. The Labute approximate surface area is 126 Å². The summed E-state index contributed by atoms with van der Waals surface area (Å²) in [6.45, 7) is 3.91. The lowest BCUT2D eigenvalue weighted by atomic mass is 9.94. The van der Waals surface area contributed by atoms with Crippen LogP contribution in [0.5, 0.6) is 0 Å². The second kappa shape index (κ2) is 7.55. The summed E-state index contributed by atoms with van der Waals surface area (Å²) in [4.78, 5) is 14.6. The van der Waals surface area contributed by atoms with Crippen LogP contribution in [0.1, 0.15) is 36.8 Å². The van der Waals surface area contributed by atoms with Crippen molar-refractivity contribution in [3.8, 4) is 0 Å². The monoisotopic (exact) mass is 292 g/mol. The molecule has 4 heteroatoms. The summed E-state index contributed by atoms with van der Waals surface area (Å²) < 4.78 is 13.2. The lowest BCUT2D eigenvalue weighted by molar-refractivity contribution is -0.135. The second-order valence-corrected chi connectivity index (χ2v) is 5.95. The third-order valence-corrected chi connectivity index (χ3v) is 4.32. The minimum atomic E-state index is -0.237. The van der Waals surface area contributed by atoms with Gasteiger partial charge in [-0.15, -0.1) is 0 Å². The summed E-state index contributed by atoms with van der Waals surface area (Å²) in [5.41, 5.74) is 7.72. The molecular formula is C17H25FN2O. The number of nitrogens with zero attached hydrogens (tertiary/aromatic N) is 1. The molecule has 1 atom stereocenters. The van der Waals surface area contributed by atoms with E-state index in [0.717, 1.165) is 37.1 Å². The molecule has 21 heavy (non-hydrogen) atoms. The zero-order valence-electron chi connectivity index (χ0n) is 12.8. The van der Waals surface area contributed by atoms with Crippen LogP contribution in [0.2, 0.25) is 0 Å². The molecule has 0 aromatic heterocycles. The number of amides is 1. The quantitative estimate of drug-likeness (QED) is 0.927. The van der Waals surface area contributed by atoms with Crippen LogP contribution in [0.25, 0.3) is 0 Å². The molecule has 1 fully saturated rings. The third-order valence-electron chi connectivity index (χ3n) is 4.32. The van der Waals surface area contributed by atoms with Crippen molar-refractivity contribution in [2.75, 3.05) is 19.6 Å². The predicted molar refractivity (Wildman–Crippen MR) is 82.4 cm³/mol. The van der Waals surface area contributed by atoms with Gasteiger partial charge in [-0.2, -0.15) is 0 Å². The zero-order valence-corrected chi connectivity index (χ0v) is 12.8. The molecule has 0 spiro atoms. The van der Waals surface area contributed by atoms with E-state index in [9.17, 15) is 9.18 Å². The molecular weight excluding hydrogens is 267 g/mol. The Morgan fingerprint density at radius 2 is 1.95 bits per heavy atom. The number of carbonyl (C=O) groups is 1. The molecule has 1 heterocycles. The van der Waals surface area contributed by atoms with Crippen molar-refractivity contribution in [3.63, 3.8) is 0 Å². The van der Waals surface area contributed by atoms with E-state index in [0.29, 0.717) is 13.0 Å². The first-order valence-corrected chi connectivity index (χ1v) is 7.85. The van der Waals surface area contributed by atoms with Crippen molar-refractivity contribution in [2.45, 2.75) is 39.0 Å². The van der Waals surface area contributed by atoms with Gasteiger partial charge in [0.2, 0.25) is 5.91 Å². The van der Waals surface area contributed by atoms with Crippen molar-refractivity contribution in [3.05, 3.63) is 35.1 Å². The van der Waals surface area contributed by atoms with Gasteiger partial charge in [0.15, 0.2) is 0 Å². The summed E-state index contributed by atoms with van der Waals surface area (Å²) in [5, 5.41) is 0. The number of hydrogen-bond donors (Lipinski definition) is 1.